The number of halogens is 2. The minimum absolute atomic E-state index is 0.164. The van der Waals surface area contributed by atoms with Gasteiger partial charge in [0.15, 0.2) is 4.80 Å². The van der Waals surface area contributed by atoms with Gasteiger partial charge < -0.3 is 4.74 Å². The lowest BCUT2D eigenvalue weighted by Crippen LogP contribution is -2.24. The van der Waals surface area contributed by atoms with Gasteiger partial charge in [-0.05, 0) is 18.2 Å². The predicted molar refractivity (Wildman–Crippen MR) is 90.8 cm³/mol. The molecule has 5 nitrogen and oxygen atoms in total. The van der Waals surface area contributed by atoms with Crippen LogP contribution in [0.15, 0.2) is 28.6 Å². The molecule has 0 saturated heterocycles. The van der Waals surface area contributed by atoms with Crippen molar-refractivity contribution in [2.24, 2.45) is 4.99 Å². The standard InChI is InChI=1S/C15H14Cl2N2O3S/c1-3-12(20)19-13(22-14(21)4-2)8-23-15(19)18-11-6-5-9(16)7-10(11)17/h5-8H,3-4H2,1-2H3. The second-order valence-corrected chi connectivity index (χ2v) is 6.15. The van der Waals surface area contributed by atoms with E-state index in [1.807, 2.05) is 0 Å². The molecule has 1 aromatic carbocycles. The highest BCUT2D eigenvalue weighted by atomic mass is 35.5. The summed E-state index contributed by atoms with van der Waals surface area (Å²) in [5.74, 6) is -0.483. The second-order valence-electron chi connectivity index (χ2n) is 4.47. The summed E-state index contributed by atoms with van der Waals surface area (Å²) in [5, 5.41) is 2.44. The zero-order valence-corrected chi connectivity index (χ0v) is 14.8. The van der Waals surface area contributed by atoms with Gasteiger partial charge in [-0.25, -0.2) is 9.56 Å². The maximum absolute atomic E-state index is 12.2. The zero-order valence-electron chi connectivity index (χ0n) is 12.5. The average molecular weight is 373 g/mol. The summed E-state index contributed by atoms with van der Waals surface area (Å²) in [4.78, 5) is 28.4. The number of hydrogen-bond acceptors (Lipinski definition) is 5. The molecule has 0 aliphatic carbocycles. The van der Waals surface area contributed by atoms with E-state index in [0.29, 0.717) is 20.5 Å². The minimum atomic E-state index is -0.420. The summed E-state index contributed by atoms with van der Waals surface area (Å²) in [6.45, 7) is 3.40. The van der Waals surface area contributed by atoms with Gasteiger partial charge in [-0.3, -0.25) is 9.59 Å². The molecule has 0 aliphatic rings. The van der Waals surface area contributed by atoms with Crippen molar-refractivity contribution in [3.63, 3.8) is 0 Å². The lowest BCUT2D eigenvalue weighted by molar-refractivity contribution is -0.134. The van der Waals surface area contributed by atoms with Crippen LogP contribution in [-0.4, -0.2) is 16.4 Å². The number of esters is 1. The minimum Gasteiger partial charge on any atom is -0.408 e. The number of hydrogen-bond donors (Lipinski definition) is 0. The Bertz CT molecular complexity index is 811. The molecular formula is C15H14Cl2N2O3S. The lowest BCUT2D eigenvalue weighted by atomic mass is 10.3. The van der Waals surface area contributed by atoms with E-state index in [9.17, 15) is 9.59 Å². The Hall–Kier alpha value is -1.63. The highest BCUT2D eigenvalue weighted by Crippen LogP contribution is 2.27. The van der Waals surface area contributed by atoms with Gasteiger partial charge in [0.2, 0.25) is 11.8 Å². The maximum Gasteiger partial charge on any atom is 0.312 e. The molecule has 0 aliphatic heterocycles. The molecule has 0 bridgehead atoms. The number of nitrogens with zero attached hydrogens (tertiary/aromatic N) is 2. The first-order chi connectivity index (χ1) is 11.0. The summed E-state index contributed by atoms with van der Waals surface area (Å²) in [7, 11) is 0. The van der Waals surface area contributed by atoms with Crippen molar-refractivity contribution in [1.29, 1.82) is 0 Å². The van der Waals surface area contributed by atoms with Crippen LogP contribution in [-0.2, 0) is 4.79 Å². The second kappa shape index (κ2) is 7.77. The van der Waals surface area contributed by atoms with Gasteiger partial charge in [-0.15, -0.1) is 11.3 Å². The van der Waals surface area contributed by atoms with Crippen molar-refractivity contribution in [3.8, 4) is 5.88 Å². The predicted octanol–water partition coefficient (Wildman–Crippen LogP) is 4.45. The van der Waals surface area contributed by atoms with Crippen LogP contribution in [0, 0.1) is 0 Å². The van der Waals surface area contributed by atoms with Crippen molar-refractivity contribution in [1.82, 2.24) is 4.57 Å². The van der Waals surface area contributed by atoms with Crippen LogP contribution in [0.4, 0.5) is 5.69 Å². The Labute approximate surface area is 147 Å². The van der Waals surface area contributed by atoms with E-state index in [1.54, 1.807) is 37.4 Å². The number of carbonyl (C=O) groups excluding carboxylic acids is 2. The topological polar surface area (TPSA) is 60.7 Å². The van der Waals surface area contributed by atoms with Gasteiger partial charge in [0.25, 0.3) is 0 Å². The van der Waals surface area contributed by atoms with Crippen LogP contribution in [0.3, 0.4) is 0 Å². The highest BCUT2D eigenvalue weighted by Gasteiger charge is 2.15. The molecule has 122 valence electrons. The van der Waals surface area contributed by atoms with Crippen molar-refractivity contribution in [2.45, 2.75) is 26.7 Å². The average Bonchev–Trinajstić information content (AvgIpc) is 2.91. The molecular weight excluding hydrogens is 359 g/mol. The van der Waals surface area contributed by atoms with Crippen LogP contribution in [0.2, 0.25) is 10.0 Å². The Kier molecular flexibility index (Phi) is 5.98. The molecule has 2 rings (SSSR count). The Morgan fingerprint density at radius 3 is 2.61 bits per heavy atom. The van der Waals surface area contributed by atoms with E-state index in [4.69, 9.17) is 27.9 Å². The molecule has 0 radical (unpaired) electrons. The summed E-state index contributed by atoms with van der Waals surface area (Å²) < 4.78 is 6.47. The van der Waals surface area contributed by atoms with E-state index in [0.717, 1.165) is 0 Å². The Morgan fingerprint density at radius 1 is 1.26 bits per heavy atom. The molecule has 0 fully saturated rings. The van der Waals surface area contributed by atoms with Crippen LogP contribution in [0.5, 0.6) is 5.88 Å². The molecule has 0 atom stereocenters. The first-order valence-corrected chi connectivity index (χ1v) is 8.54. The molecule has 1 heterocycles. The normalized spacial score (nSPS) is 11.6. The third-order valence-corrected chi connectivity index (χ3v) is 4.20. The van der Waals surface area contributed by atoms with Gasteiger partial charge in [0.1, 0.15) is 0 Å². The van der Waals surface area contributed by atoms with E-state index in [-0.39, 0.29) is 24.6 Å². The van der Waals surface area contributed by atoms with Crippen molar-refractivity contribution in [3.05, 3.63) is 38.4 Å². The fourth-order valence-electron chi connectivity index (χ4n) is 1.70. The quantitative estimate of drug-likeness (QED) is 0.744. The van der Waals surface area contributed by atoms with E-state index < -0.39 is 5.97 Å². The molecule has 0 spiro atoms. The number of benzene rings is 1. The molecule has 2 aromatic rings. The molecule has 0 unspecified atom stereocenters. The summed E-state index contributed by atoms with van der Waals surface area (Å²) in [6, 6.07) is 4.88. The molecule has 23 heavy (non-hydrogen) atoms. The summed E-state index contributed by atoms with van der Waals surface area (Å²) in [6.07, 6.45) is 0.459. The van der Waals surface area contributed by atoms with Crippen LogP contribution in [0.1, 0.15) is 31.5 Å². The number of ether oxygens (including phenoxy) is 1. The first kappa shape index (κ1) is 17.7. The van der Waals surface area contributed by atoms with Gasteiger partial charge in [-0.2, -0.15) is 0 Å². The number of aromatic nitrogens is 1. The third-order valence-electron chi connectivity index (χ3n) is 2.86. The van der Waals surface area contributed by atoms with E-state index in [2.05, 4.69) is 4.99 Å². The molecule has 0 amide bonds. The van der Waals surface area contributed by atoms with E-state index >= 15 is 0 Å². The van der Waals surface area contributed by atoms with Crippen LogP contribution >= 0.6 is 34.5 Å². The largest absolute Gasteiger partial charge is 0.408 e. The fraction of sp³-hybridized carbons (Fsp3) is 0.267. The molecule has 0 N–H and O–H groups in total. The fourth-order valence-corrected chi connectivity index (χ4v) is 2.96. The highest BCUT2D eigenvalue weighted by molar-refractivity contribution is 7.07. The van der Waals surface area contributed by atoms with Crippen LogP contribution in [0.25, 0.3) is 0 Å². The maximum atomic E-state index is 12.2. The lowest BCUT2D eigenvalue weighted by Gasteiger charge is -2.06. The van der Waals surface area contributed by atoms with Crippen LogP contribution < -0.4 is 9.54 Å². The van der Waals surface area contributed by atoms with Gasteiger partial charge in [0.05, 0.1) is 16.1 Å². The summed E-state index contributed by atoms with van der Waals surface area (Å²) >= 11 is 13.2. The Morgan fingerprint density at radius 2 is 2.00 bits per heavy atom. The molecule has 8 heteroatoms. The first-order valence-electron chi connectivity index (χ1n) is 6.90. The van der Waals surface area contributed by atoms with Crippen molar-refractivity contribution >= 4 is 52.1 Å². The van der Waals surface area contributed by atoms with Crippen molar-refractivity contribution < 1.29 is 14.3 Å². The molecule has 1 aromatic heterocycles. The smallest absolute Gasteiger partial charge is 0.312 e. The number of carbonyl (C=O) groups is 2. The Balaban J connectivity index is 2.55. The van der Waals surface area contributed by atoms with Gasteiger partial charge in [0, 0.05) is 17.9 Å². The zero-order chi connectivity index (χ0) is 17.0. The summed E-state index contributed by atoms with van der Waals surface area (Å²) in [5.41, 5.74) is 0.476. The van der Waals surface area contributed by atoms with Gasteiger partial charge >= 0.3 is 5.97 Å². The SMILES string of the molecule is CCC(=O)Oc1csc(=Nc2ccc(Cl)cc2Cl)n1C(=O)CC. The van der Waals surface area contributed by atoms with E-state index in [1.165, 1.54) is 15.9 Å². The monoisotopic (exact) mass is 372 g/mol. The third kappa shape index (κ3) is 4.22. The number of thiazole rings is 1. The number of rotatable bonds is 4. The molecule has 0 saturated carbocycles. The van der Waals surface area contributed by atoms with Crippen molar-refractivity contribution in [2.75, 3.05) is 0 Å². The van der Waals surface area contributed by atoms with Gasteiger partial charge in [-0.1, -0.05) is 37.0 Å².